The summed E-state index contributed by atoms with van der Waals surface area (Å²) in [6.07, 6.45) is 5.61. The van der Waals surface area contributed by atoms with Gasteiger partial charge in [-0.2, -0.15) is 0 Å². The molecule has 1 saturated heterocycles. The summed E-state index contributed by atoms with van der Waals surface area (Å²) in [5.74, 6) is 0.891. The number of anilines is 1. The van der Waals surface area contributed by atoms with Crippen molar-refractivity contribution >= 4 is 49.5 Å². The molecule has 0 spiro atoms. The van der Waals surface area contributed by atoms with Gasteiger partial charge in [-0.3, -0.25) is 4.79 Å². The molecule has 7 rings (SSSR count). The van der Waals surface area contributed by atoms with Crippen LogP contribution in [-0.4, -0.2) is 43.5 Å². The van der Waals surface area contributed by atoms with E-state index < -0.39 is 0 Å². The van der Waals surface area contributed by atoms with Crippen molar-refractivity contribution < 1.29 is 4.79 Å². The second kappa shape index (κ2) is 11.4. The number of halogens is 1. The average molecular weight is 621 g/mol. The highest BCUT2D eigenvalue weighted by molar-refractivity contribution is 9.10. The number of rotatable bonds is 7. The predicted molar refractivity (Wildman–Crippen MR) is 169 cm³/mol. The molecule has 3 aromatic carbocycles. The van der Waals surface area contributed by atoms with E-state index in [1.165, 1.54) is 21.8 Å². The van der Waals surface area contributed by atoms with Crippen molar-refractivity contribution in [2.24, 2.45) is 5.92 Å². The summed E-state index contributed by atoms with van der Waals surface area (Å²) in [7, 11) is 0. The number of carbonyl (C=O) groups excluding carboxylic acids is 1. The van der Waals surface area contributed by atoms with Crippen LogP contribution in [0.25, 0.3) is 27.5 Å². The highest BCUT2D eigenvalue weighted by Gasteiger charge is 2.26. The van der Waals surface area contributed by atoms with Gasteiger partial charge < -0.3 is 14.8 Å². The Kier molecular flexibility index (Phi) is 7.17. The largest absolute Gasteiger partial charge is 0.356 e. The van der Waals surface area contributed by atoms with E-state index in [-0.39, 0.29) is 11.8 Å². The number of hydrogen-bond acceptors (Lipinski definition) is 5. The van der Waals surface area contributed by atoms with Gasteiger partial charge in [0.2, 0.25) is 5.91 Å². The lowest BCUT2D eigenvalue weighted by Crippen LogP contribution is -2.43. The van der Waals surface area contributed by atoms with Crippen LogP contribution in [-0.2, 0) is 17.9 Å². The van der Waals surface area contributed by atoms with Gasteiger partial charge in [-0.15, -0.1) is 5.10 Å². The van der Waals surface area contributed by atoms with Crippen LogP contribution in [0.5, 0.6) is 0 Å². The Morgan fingerprint density at radius 2 is 1.67 bits per heavy atom. The van der Waals surface area contributed by atoms with E-state index >= 15 is 0 Å². The molecule has 0 bridgehead atoms. The molecule has 1 aliphatic rings. The molecule has 6 aromatic rings. The Balaban J connectivity index is 1.06. The maximum Gasteiger partial charge on any atom is 0.225 e. The van der Waals surface area contributed by atoms with Crippen LogP contribution in [0.2, 0.25) is 0 Å². The van der Waals surface area contributed by atoms with Crippen molar-refractivity contribution in [1.82, 2.24) is 29.9 Å². The van der Waals surface area contributed by atoms with Gasteiger partial charge in [0.15, 0.2) is 0 Å². The summed E-state index contributed by atoms with van der Waals surface area (Å²) in [6.45, 7) is 2.60. The minimum absolute atomic E-state index is 0.0669. The molecule has 9 heteroatoms. The van der Waals surface area contributed by atoms with E-state index in [1.807, 2.05) is 47.3 Å². The van der Waals surface area contributed by atoms with Crippen LogP contribution in [0, 0.1) is 5.92 Å². The Bertz CT molecular complexity index is 1820. The van der Waals surface area contributed by atoms with Crippen LogP contribution in [0.3, 0.4) is 0 Å². The van der Waals surface area contributed by atoms with Crippen LogP contribution >= 0.6 is 15.9 Å². The van der Waals surface area contributed by atoms with Crippen LogP contribution in [0.4, 0.5) is 5.82 Å². The average Bonchev–Trinajstić information content (AvgIpc) is 3.64. The summed E-state index contributed by atoms with van der Waals surface area (Å²) in [4.78, 5) is 20.0. The van der Waals surface area contributed by atoms with Crippen molar-refractivity contribution in [2.45, 2.75) is 25.9 Å². The second-order valence-corrected chi connectivity index (χ2v) is 11.7. The Labute approximate surface area is 252 Å². The number of nitrogens with one attached hydrogen (secondary N) is 1. The molecule has 3 aromatic heterocycles. The first kappa shape index (κ1) is 26.4. The van der Waals surface area contributed by atoms with Gasteiger partial charge in [-0.05, 0) is 64.7 Å². The highest BCUT2D eigenvalue weighted by Crippen LogP contribution is 2.29. The number of benzene rings is 3. The van der Waals surface area contributed by atoms with E-state index in [4.69, 9.17) is 0 Å². The summed E-state index contributed by atoms with van der Waals surface area (Å²) in [5, 5.41) is 14.7. The third-order valence-corrected chi connectivity index (χ3v) is 8.53. The Morgan fingerprint density at radius 3 is 2.43 bits per heavy atom. The highest BCUT2D eigenvalue weighted by atomic mass is 79.9. The maximum absolute atomic E-state index is 13.2. The Hall–Kier alpha value is -4.50. The molecule has 1 fully saturated rings. The van der Waals surface area contributed by atoms with Crippen molar-refractivity contribution in [2.75, 3.05) is 18.0 Å². The summed E-state index contributed by atoms with van der Waals surface area (Å²) < 4.78 is 5.05. The number of carbonyl (C=O) groups is 1. The van der Waals surface area contributed by atoms with Gasteiger partial charge in [0.25, 0.3) is 0 Å². The van der Waals surface area contributed by atoms with E-state index in [0.717, 1.165) is 46.6 Å². The molecule has 1 unspecified atom stereocenters. The number of hydrogen-bond donors (Lipinski definition) is 1. The summed E-state index contributed by atoms with van der Waals surface area (Å²) in [5.41, 5.74) is 5.11. The van der Waals surface area contributed by atoms with Gasteiger partial charge in [0.05, 0.1) is 24.3 Å². The number of amides is 1. The number of aromatic nitrogens is 5. The number of pyridine rings is 1. The molecule has 42 heavy (non-hydrogen) atoms. The molecular weight excluding hydrogens is 590 g/mol. The number of para-hydroxylation sites is 3. The van der Waals surface area contributed by atoms with E-state index in [2.05, 4.69) is 94.5 Å². The van der Waals surface area contributed by atoms with Gasteiger partial charge in [0, 0.05) is 52.1 Å². The minimum atomic E-state index is -0.0828. The normalized spacial score (nSPS) is 15.4. The van der Waals surface area contributed by atoms with Crippen molar-refractivity contribution in [3.8, 4) is 5.69 Å². The zero-order chi connectivity index (χ0) is 28.5. The smallest absolute Gasteiger partial charge is 0.225 e. The zero-order valence-corrected chi connectivity index (χ0v) is 24.6. The number of piperidine rings is 1. The van der Waals surface area contributed by atoms with Crippen LogP contribution < -0.4 is 10.2 Å². The molecule has 0 saturated carbocycles. The monoisotopic (exact) mass is 619 g/mol. The van der Waals surface area contributed by atoms with Gasteiger partial charge in [-0.1, -0.05) is 59.8 Å². The second-order valence-electron chi connectivity index (χ2n) is 10.7. The van der Waals surface area contributed by atoms with Gasteiger partial charge >= 0.3 is 0 Å². The third kappa shape index (κ3) is 5.16. The first-order valence-corrected chi connectivity index (χ1v) is 15.0. The lowest BCUT2D eigenvalue weighted by Gasteiger charge is -2.33. The first-order valence-electron chi connectivity index (χ1n) is 14.2. The fourth-order valence-corrected chi connectivity index (χ4v) is 6.22. The summed E-state index contributed by atoms with van der Waals surface area (Å²) >= 11 is 3.45. The lowest BCUT2D eigenvalue weighted by atomic mass is 9.97. The van der Waals surface area contributed by atoms with Crippen molar-refractivity contribution in [3.63, 3.8) is 0 Å². The summed E-state index contributed by atoms with van der Waals surface area (Å²) in [6, 6.07) is 28.9. The number of fused-ring (bicyclic) bond motifs is 3. The first-order chi connectivity index (χ1) is 20.6. The maximum atomic E-state index is 13.2. The zero-order valence-electron chi connectivity index (χ0n) is 23.0. The standard InChI is InChI=1S/C33H30BrN7O/c34-25-15-16-32(35-19-25)39-17-7-9-24(20-39)33(42)36-18-23-8-1-4-12-29(23)41-22-26(37-38-41)21-40-30-13-5-2-10-27(30)28-11-3-6-14-31(28)40/h1-6,8,10-16,19,22,24H,7,9,17-18,20-21H2,(H,36,42). The molecule has 1 amide bonds. The Morgan fingerprint density at radius 1 is 0.929 bits per heavy atom. The minimum Gasteiger partial charge on any atom is -0.356 e. The number of nitrogens with zero attached hydrogens (tertiary/aromatic N) is 6. The fourth-order valence-electron chi connectivity index (χ4n) is 5.99. The van der Waals surface area contributed by atoms with Gasteiger partial charge in [0.1, 0.15) is 11.5 Å². The quantitative estimate of drug-likeness (QED) is 0.233. The van der Waals surface area contributed by atoms with E-state index in [1.54, 1.807) is 6.20 Å². The molecule has 8 nitrogen and oxygen atoms in total. The van der Waals surface area contributed by atoms with E-state index in [0.29, 0.717) is 19.6 Å². The SMILES string of the molecule is O=C(NCc1ccccc1-n1cc(Cn2c3ccccc3c3ccccc32)nn1)C1CCCN(c2ccc(Br)cn2)C1. The third-order valence-electron chi connectivity index (χ3n) is 8.06. The predicted octanol–water partition coefficient (Wildman–Crippen LogP) is 6.11. The molecule has 0 aliphatic carbocycles. The van der Waals surface area contributed by atoms with Crippen molar-refractivity contribution in [3.05, 3.63) is 113 Å². The molecule has 1 N–H and O–H groups in total. The topological polar surface area (TPSA) is 80.9 Å². The lowest BCUT2D eigenvalue weighted by molar-refractivity contribution is -0.125. The van der Waals surface area contributed by atoms with E-state index in [9.17, 15) is 4.79 Å². The van der Waals surface area contributed by atoms with Crippen LogP contribution in [0.1, 0.15) is 24.1 Å². The van der Waals surface area contributed by atoms with Gasteiger partial charge in [-0.25, -0.2) is 9.67 Å². The molecular formula is C33H30BrN7O. The molecule has 1 atom stereocenters. The molecule has 4 heterocycles. The fraction of sp³-hybridized carbons (Fsp3) is 0.212. The van der Waals surface area contributed by atoms with Crippen molar-refractivity contribution in [1.29, 1.82) is 0 Å². The molecule has 0 radical (unpaired) electrons. The molecule has 1 aliphatic heterocycles. The van der Waals surface area contributed by atoms with Crippen LogP contribution in [0.15, 0.2) is 102 Å². The molecule has 210 valence electrons.